The minimum absolute atomic E-state index is 0.271. The number of halogens is 1. The minimum atomic E-state index is -0.271. The van der Waals surface area contributed by atoms with Gasteiger partial charge in [-0.15, -0.1) is 0 Å². The average Bonchev–Trinajstić information content (AvgIpc) is 2.47. The van der Waals surface area contributed by atoms with Gasteiger partial charge in [0.25, 0.3) is 5.91 Å². The van der Waals surface area contributed by atoms with Crippen LogP contribution in [0.5, 0.6) is 5.75 Å². The fourth-order valence-electron chi connectivity index (χ4n) is 1.80. The molecule has 0 atom stereocenters. The number of pyridine rings is 1. The van der Waals surface area contributed by atoms with Crippen molar-refractivity contribution in [2.45, 2.75) is 20.3 Å². The lowest BCUT2D eigenvalue weighted by molar-refractivity contribution is 0.102. The highest BCUT2D eigenvalue weighted by molar-refractivity contribution is 9.10. The fraction of sp³-hybridized carbons (Fsp3) is 0.250. The molecule has 0 saturated carbocycles. The second kappa shape index (κ2) is 7.22. The molecule has 0 aliphatic rings. The van der Waals surface area contributed by atoms with Gasteiger partial charge < -0.3 is 10.1 Å². The standard InChI is InChI=1S/C16H17BrN2O2/c1-3-9-21-14-10-11(2)6-7-13(14)19-16(20)15-12(17)5-4-8-18-15/h4-8,10H,3,9H2,1-2H3,(H,19,20). The summed E-state index contributed by atoms with van der Waals surface area (Å²) in [6, 6.07) is 9.24. The molecule has 1 amide bonds. The Bertz CT molecular complexity index is 644. The van der Waals surface area contributed by atoms with Crippen molar-refractivity contribution < 1.29 is 9.53 Å². The molecular weight excluding hydrogens is 332 g/mol. The lowest BCUT2D eigenvalue weighted by Gasteiger charge is -2.13. The Morgan fingerprint density at radius 3 is 2.90 bits per heavy atom. The lowest BCUT2D eigenvalue weighted by atomic mass is 10.2. The number of benzene rings is 1. The number of aryl methyl sites for hydroxylation is 1. The number of carbonyl (C=O) groups excluding carboxylic acids is 1. The molecule has 0 spiro atoms. The first-order chi connectivity index (χ1) is 10.1. The first-order valence-corrected chi connectivity index (χ1v) is 7.56. The SMILES string of the molecule is CCCOc1cc(C)ccc1NC(=O)c1ncccc1Br. The van der Waals surface area contributed by atoms with Gasteiger partial charge in [0.1, 0.15) is 11.4 Å². The molecule has 0 fully saturated rings. The van der Waals surface area contributed by atoms with Crippen molar-refractivity contribution in [1.82, 2.24) is 4.98 Å². The zero-order valence-corrected chi connectivity index (χ0v) is 13.6. The number of ether oxygens (including phenoxy) is 1. The third kappa shape index (κ3) is 4.04. The molecule has 21 heavy (non-hydrogen) atoms. The first kappa shape index (κ1) is 15.5. The summed E-state index contributed by atoms with van der Waals surface area (Å²) in [5.41, 5.74) is 2.08. The molecule has 0 radical (unpaired) electrons. The van der Waals surface area contributed by atoms with Crippen LogP contribution in [0.4, 0.5) is 5.69 Å². The van der Waals surface area contributed by atoms with Crippen LogP contribution in [0, 0.1) is 6.92 Å². The number of aromatic nitrogens is 1. The van der Waals surface area contributed by atoms with Crippen molar-refractivity contribution in [3.63, 3.8) is 0 Å². The predicted molar refractivity (Wildman–Crippen MR) is 86.9 cm³/mol. The molecule has 2 rings (SSSR count). The maximum Gasteiger partial charge on any atom is 0.275 e. The quantitative estimate of drug-likeness (QED) is 0.880. The number of nitrogens with one attached hydrogen (secondary N) is 1. The molecular formula is C16H17BrN2O2. The summed E-state index contributed by atoms with van der Waals surface area (Å²) >= 11 is 3.33. The Hall–Kier alpha value is -1.88. The van der Waals surface area contributed by atoms with E-state index in [9.17, 15) is 4.79 Å². The Morgan fingerprint density at radius 2 is 2.19 bits per heavy atom. The summed E-state index contributed by atoms with van der Waals surface area (Å²) in [6.45, 7) is 4.64. The van der Waals surface area contributed by atoms with Crippen LogP contribution in [0.3, 0.4) is 0 Å². The van der Waals surface area contributed by atoms with E-state index < -0.39 is 0 Å². The Balaban J connectivity index is 2.23. The highest BCUT2D eigenvalue weighted by atomic mass is 79.9. The largest absolute Gasteiger partial charge is 0.491 e. The molecule has 0 saturated heterocycles. The van der Waals surface area contributed by atoms with Crippen LogP contribution >= 0.6 is 15.9 Å². The topological polar surface area (TPSA) is 51.2 Å². The lowest BCUT2D eigenvalue weighted by Crippen LogP contribution is -2.15. The van der Waals surface area contributed by atoms with E-state index in [1.807, 2.05) is 32.0 Å². The summed E-state index contributed by atoms with van der Waals surface area (Å²) in [5, 5.41) is 2.85. The zero-order chi connectivity index (χ0) is 15.2. The monoisotopic (exact) mass is 348 g/mol. The number of hydrogen-bond acceptors (Lipinski definition) is 3. The Morgan fingerprint density at radius 1 is 1.38 bits per heavy atom. The van der Waals surface area contributed by atoms with Crippen LogP contribution in [0.1, 0.15) is 29.4 Å². The van der Waals surface area contributed by atoms with Crippen LogP contribution in [0.15, 0.2) is 41.0 Å². The summed E-state index contributed by atoms with van der Waals surface area (Å²) < 4.78 is 6.35. The van der Waals surface area contributed by atoms with E-state index in [0.29, 0.717) is 28.2 Å². The van der Waals surface area contributed by atoms with E-state index in [0.717, 1.165) is 12.0 Å². The summed E-state index contributed by atoms with van der Waals surface area (Å²) in [7, 11) is 0. The Kier molecular flexibility index (Phi) is 5.33. The van der Waals surface area contributed by atoms with E-state index >= 15 is 0 Å². The average molecular weight is 349 g/mol. The third-order valence-electron chi connectivity index (χ3n) is 2.82. The van der Waals surface area contributed by atoms with Gasteiger partial charge in [0.05, 0.1) is 12.3 Å². The van der Waals surface area contributed by atoms with E-state index in [-0.39, 0.29) is 5.91 Å². The molecule has 0 unspecified atom stereocenters. The van der Waals surface area contributed by atoms with Gasteiger partial charge in [-0.3, -0.25) is 4.79 Å². The van der Waals surface area contributed by atoms with Gasteiger partial charge in [-0.1, -0.05) is 13.0 Å². The van der Waals surface area contributed by atoms with E-state index in [4.69, 9.17) is 4.74 Å². The molecule has 110 valence electrons. The van der Waals surface area contributed by atoms with Gasteiger partial charge in [0.2, 0.25) is 0 Å². The van der Waals surface area contributed by atoms with Gasteiger partial charge in [0, 0.05) is 10.7 Å². The normalized spacial score (nSPS) is 10.2. The number of nitrogens with zero attached hydrogens (tertiary/aromatic N) is 1. The van der Waals surface area contributed by atoms with Crippen molar-refractivity contribution in [1.29, 1.82) is 0 Å². The summed E-state index contributed by atoms with van der Waals surface area (Å²) in [6.07, 6.45) is 2.50. The van der Waals surface area contributed by atoms with Gasteiger partial charge in [-0.25, -0.2) is 4.98 Å². The maximum absolute atomic E-state index is 12.3. The van der Waals surface area contributed by atoms with Crippen molar-refractivity contribution in [3.8, 4) is 5.75 Å². The zero-order valence-electron chi connectivity index (χ0n) is 12.0. The Labute approximate surface area is 132 Å². The molecule has 1 aromatic carbocycles. The van der Waals surface area contributed by atoms with Gasteiger partial charge in [-0.2, -0.15) is 0 Å². The fourth-order valence-corrected chi connectivity index (χ4v) is 2.23. The van der Waals surface area contributed by atoms with Gasteiger partial charge in [0.15, 0.2) is 0 Å². The number of amides is 1. The van der Waals surface area contributed by atoms with Gasteiger partial charge >= 0.3 is 0 Å². The smallest absolute Gasteiger partial charge is 0.275 e. The number of rotatable bonds is 5. The van der Waals surface area contributed by atoms with Crippen molar-refractivity contribution >= 4 is 27.5 Å². The molecule has 1 heterocycles. The van der Waals surface area contributed by atoms with E-state index in [1.54, 1.807) is 18.3 Å². The van der Waals surface area contributed by atoms with Crippen molar-refractivity contribution in [2.75, 3.05) is 11.9 Å². The summed E-state index contributed by atoms with van der Waals surface area (Å²) in [5.74, 6) is 0.407. The molecule has 2 aromatic rings. The van der Waals surface area contributed by atoms with E-state index in [1.165, 1.54) is 0 Å². The van der Waals surface area contributed by atoms with Crippen molar-refractivity contribution in [2.24, 2.45) is 0 Å². The highest BCUT2D eigenvalue weighted by Gasteiger charge is 2.14. The second-order valence-corrected chi connectivity index (χ2v) is 5.49. The van der Waals surface area contributed by atoms with Crippen molar-refractivity contribution in [3.05, 3.63) is 52.3 Å². The molecule has 5 heteroatoms. The summed E-state index contributed by atoms with van der Waals surface area (Å²) in [4.78, 5) is 16.4. The molecule has 0 aliphatic heterocycles. The van der Waals surface area contributed by atoms with Crippen LogP contribution in [-0.2, 0) is 0 Å². The number of carbonyl (C=O) groups is 1. The second-order valence-electron chi connectivity index (χ2n) is 4.64. The molecule has 4 nitrogen and oxygen atoms in total. The molecule has 1 N–H and O–H groups in total. The molecule has 1 aromatic heterocycles. The maximum atomic E-state index is 12.3. The van der Waals surface area contributed by atoms with Crippen LogP contribution in [0.25, 0.3) is 0 Å². The minimum Gasteiger partial charge on any atom is -0.491 e. The van der Waals surface area contributed by atoms with E-state index in [2.05, 4.69) is 26.2 Å². The van der Waals surface area contributed by atoms with Crippen LogP contribution in [0.2, 0.25) is 0 Å². The van der Waals surface area contributed by atoms with Gasteiger partial charge in [-0.05, 0) is 59.1 Å². The first-order valence-electron chi connectivity index (χ1n) is 6.77. The number of anilines is 1. The highest BCUT2D eigenvalue weighted by Crippen LogP contribution is 2.27. The van der Waals surface area contributed by atoms with Crippen LogP contribution in [-0.4, -0.2) is 17.5 Å². The third-order valence-corrected chi connectivity index (χ3v) is 3.46. The number of hydrogen-bond donors (Lipinski definition) is 1. The molecule has 0 aliphatic carbocycles. The molecule has 0 bridgehead atoms. The van der Waals surface area contributed by atoms with Crippen LogP contribution < -0.4 is 10.1 Å². The predicted octanol–water partition coefficient (Wildman–Crippen LogP) is 4.19.